The number of pyridine rings is 1. The molecule has 2 aromatic heterocycles. The van der Waals surface area contributed by atoms with Gasteiger partial charge in [-0.25, -0.2) is 14.6 Å². The van der Waals surface area contributed by atoms with Gasteiger partial charge in [-0.1, -0.05) is 6.07 Å². The number of hydrogen-bond acceptors (Lipinski definition) is 7. The van der Waals surface area contributed by atoms with E-state index in [1.165, 1.54) is 0 Å². The minimum Gasteiger partial charge on any atom is -0.475 e. The van der Waals surface area contributed by atoms with Crippen LogP contribution in [-0.4, -0.2) is 98.2 Å². The second-order valence-electron chi connectivity index (χ2n) is 8.37. The Bertz CT molecular complexity index is 988. The van der Waals surface area contributed by atoms with Crippen molar-refractivity contribution in [1.82, 2.24) is 24.3 Å². The molecule has 2 aliphatic heterocycles. The number of fused-ring (bicyclic) bond motifs is 1. The van der Waals surface area contributed by atoms with Crippen LogP contribution in [0, 0.1) is 5.92 Å². The highest BCUT2D eigenvalue weighted by atomic mass is 19.4. The Balaban J connectivity index is 0.000000301. The Kier molecular flexibility index (Phi) is 11.5. The van der Waals surface area contributed by atoms with E-state index in [4.69, 9.17) is 24.5 Å². The summed E-state index contributed by atoms with van der Waals surface area (Å²) in [6.45, 7) is 8.85. The van der Waals surface area contributed by atoms with Gasteiger partial charge in [0.2, 0.25) is 0 Å². The van der Waals surface area contributed by atoms with Gasteiger partial charge in [-0.15, -0.1) is 0 Å². The van der Waals surface area contributed by atoms with Gasteiger partial charge in [0.05, 0.1) is 25.5 Å². The molecule has 1 unspecified atom stereocenters. The first kappa shape index (κ1) is 31.0. The monoisotopic (exact) mass is 555 g/mol. The number of halogens is 6. The van der Waals surface area contributed by atoms with E-state index < -0.39 is 24.3 Å². The average molecular weight is 555 g/mol. The number of aliphatic carboxylic acids is 2. The van der Waals surface area contributed by atoms with E-state index in [1.807, 2.05) is 18.5 Å². The third-order valence-electron chi connectivity index (χ3n) is 5.35. The number of ether oxygens (including phenoxy) is 1. The fraction of sp³-hybridized carbons (Fsp3) is 0.545. The van der Waals surface area contributed by atoms with Crippen LogP contribution in [0.4, 0.5) is 26.3 Å². The number of carbonyl (C=O) groups is 2. The van der Waals surface area contributed by atoms with E-state index >= 15 is 0 Å². The van der Waals surface area contributed by atoms with E-state index in [0.29, 0.717) is 5.92 Å². The molecule has 10 nitrogen and oxygen atoms in total. The number of carboxylic acids is 2. The molecule has 2 aromatic rings. The molecule has 212 valence electrons. The molecule has 1 atom stereocenters. The Labute approximate surface area is 213 Å². The van der Waals surface area contributed by atoms with Gasteiger partial charge in [0.15, 0.2) is 0 Å². The molecule has 0 radical (unpaired) electrons. The van der Waals surface area contributed by atoms with Crippen molar-refractivity contribution in [3.8, 4) is 0 Å². The van der Waals surface area contributed by atoms with Crippen molar-refractivity contribution >= 4 is 11.9 Å². The summed E-state index contributed by atoms with van der Waals surface area (Å²) in [6, 6.07) is 6.14. The Morgan fingerprint density at radius 1 is 0.921 bits per heavy atom. The largest absolute Gasteiger partial charge is 0.490 e. The lowest BCUT2D eigenvalue weighted by molar-refractivity contribution is -0.193. The normalized spacial score (nSPS) is 18.6. The lowest BCUT2D eigenvalue weighted by Gasteiger charge is -2.31. The van der Waals surface area contributed by atoms with Gasteiger partial charge in [-0.3, -0.25) is 14.8 Å². The summed E-state index contributed by atoms with van der Waals surface area (Å²) in [5.41, 5.74) is 1.13. The lowest BCUT2D eigenvalue weighted by Crippen LogP contribution is -2.42. The second kappa shape index (κ2) is 14.1. The summed E-state index contributed by atoms with van der Waals surface area (Å²) in [4.78, 5) is 31.9. The van der Waals surface area contributed by atoms with Crippen molar-refractivity contribution in [2.45, 2.75) is 32.0 Å². The molecule has 4 rings (SSSR count). The van der Waals surface area contributed by atoms with Crippen LogP contribution in [0.3, 0.4) is 0 Å². The van der Waals surface area contributed by atoms with Gasteiger partial charge in [-0.2, -0.15) is 26.3 Å². The highest BCUT2D eigenvalue weighted by molar-refractivity contribution is 5.73. The number of alkyl halides is 6. The van der Waals surface area contributed by atoms with E-state index in [1.54, 1.807) is 0 Å². The molecule has 0 aromatic carbocycles. The van der Waals surface area contributed by atoms with Gasteiger partial charge >= 0.3 is 24.3 Å². The number of hydrogen-bond donors (Lipinski definition) is 2. The maximum Gasteiger partial charge on any atom is 0.490 e. The van der Waals surface area contributed by atoms with Crippen LogP contribution < -0.4 is 0 Å². The number of morpholine rings is 1. The summed E-state index contributed by atoms with van der Waals surface area (Å²) in [5, 5.41) is 14.2. The Morgan fingerprint density at radius 3 is 2.05 bits per heavy atom. The topological polar surface area (TPSA) is 121 Å². The molecule has 4 heterocycles. The number of aromatic nitrogens is 3. The fourth-order valence-electron chi connectivity index (χ4n) is 3.73. The first-order valence-electron chi connectivity index (χ1n) is 11.3. The highest BCUT2D eigenvalue weighted by Gasteiger charge is 2.38. The predicted molar refractivity (Wildman–Crippen MR) is 119 cm³/mol. The van der Waals surface area contributed by atoms with Crippen molar-refractivity contribution in [3.05, 3.63) is 48.3 Å². The maximum absolute atomic E-state index is 10.6. The number of carboxylic acid groups (broad SMARTS) is 2. The van der Waals surface area contributed by atoms with Gasteiger partial charge < -0.3 is 19.5 Å². The van der Waals surface area contributed by atoms with Crippen LogP contribution in [0.25, 0.3) is 0 Å². The van der Waals surface area contributed by atoms with Crippen molar-refractivity contribution in [1.29, 1.82) is 0 Å². The van der Waals surface area contributed by atoms with Crippen molar-refractivity contribution in [3.63, 3.8) is 0 Å². The quantitative estimate of drug-likeness (QED) is 0.549. The van der Waals surface area contributed by atoms with E-state index in [0.717, 1.165) is 70.5 Å². The molecule has 16 heteroatoms. The zero-order valence-corrected chi connectivity index (χ0v) is 20.0. The summed E-state index contributed by atoms with van der Waals surface area (Å²) in [5.74, 6) is -3.75. The molecule has 0 aliphatic carbocycles. The highest BCUT2D eigenvalue weighted by Crippen LogP contribution is 2.19. The van der Waals surface area contributed by atoms with Gasteiger partial charge in [0.25, 0.3) is 0 Å². The van der Waals surface area contributed by atoms with Crippen LogP contribution in [0.5, 0.6) is 0 Å². The molecule has 1 fully saturated rings. The molecule has 0 amide bonds. The number of nitrogens with zero attached hydrogens (tertiary/aromatic N) is 5. The van der Waals surface area contributed by atoms with Crippen LogP contribution >= 0.6 is 0 Å². The first-order valence-corrected chi connectivity index (χ1v) is 11.3. The van der Waals surface area contributed by atoms with Crippen LogP contribution in [0.2, 0.25) is 0 Å². The Morgan fingerprint density at radius 2 is 1.53 bits per heavy atom. The molecule has 38 heavy (non-hydrogen) atoms. The SMILES string of the molecule is O=C(O)C(F)(F)F.O=C(O)C(F)(F)F.c1ccc(CN2Cc3nccn3CC(CN3CCOCC3)C2)nc1. The van der Waals surface area contributed by atoms with Gasteiger partial charge in [0.1, 0.15) is 5.82 Å². The molecule has 2 N–H and O–H groups in total. The minimum atomic E-state index is -5.08. The summed E-state index contributed by atoms with van der Waals surface area (Å²) < 4.78 is 71.3. The molecular weight excluding hydrogens is 528 g/mol. The third kappa shape index (κ3) is 11.0. The lowest BCUT2D eigenvalue weighted by atomic mass is 10.1. The van der Waals surface area contributed by atoms with Crippen LogP contribution in [-0.2, 0) is 34.0 Å². The summed E-state index contributed by atoms with van der Waals surface area (Å²) in [6.07, 6.45) is -4.25. The van der Waals surface area contributed by atoms with Gasteiger partial charge in [-0.05, 0) is 12.1 Å². The average Bonchev–Trinajstić information content (AvgIpc) is 3.19. The maximum atomic E-state index is 10.6. The second-order valence-corrected chi connectivity index (χ2v) is 8.37. The molecule has 0 saturated carbocycles. The van der Waals surface area contributed by atoms with Crippen LogP contribution in [0.1, 0.15) is 11.5 Å². The fourth-order valence-corrected chi connectivity index (χ4v) is 3.73. The number of imidazole rings is 1. The van der Waals surface area contributed by atoms with Crippen molar-refractivity contribution in [2.24, 2.45) is 5.92 Å². The van der Waals surface area contributed by atoms with Crippen molar-refractivity contribution < 1.29 is 50.9 Å². The molecular formula is C22H27F6N5O5. The number of rotatable bonds is 4. The Hall–Kier alpha value is -3.24. The summed E-state index contributed by atoms with van der Waals surface area (Å²) in [7, 11) is 0. The third-order valence-corrected chi connectivity index (χ3v) is 5.35. The minimum absolute atomic E-state index is 0.599. The van der Waals surface area contributed by atoms with E-state index in [9.17, 15) is 26.3 Å². The molecule has 0 spiro atoms. The summed E-state index contributed by atoms with van der Waals surface area (Å²) >= 11 is 0. The zero-order chi connectivity index (χ0) is 28.3. The standard InChI is InChI=1S/C18H25N5O.2C2HF3O2/c1-2-4-19-17(3-1)14-22-12-16(11-21-7-9-24-10-8-21)13-23-6-5-20-18(23)15-22;2*3-2(4,5)1(6)7/h1-6,16H,7-15H2;2*(H,6,7). The van der Waals surface area contributed by atoms with E-state index in [-0.39, 0.29) is 0 Å². The van der Waals surface area contributed by atoms with Crippen molar-refractivity contribution in [2.75, 3.05) is 39.4 Å². The predicted octanol–water partition coefficient (Wildman–Crippen LogP) is 2.51. The smallest absolute Gasteiger partial charge is 0.475 e. The molecule has 0 bridgehead atoms. The first-order chi connectivity index (χ1) is 17.8. The van der Waals surface area contributed by atoms with E-state index in [2.05, 4.69) is 42.7 Å². The zero-order valence-electron chi connectivity index (χ0n) is 20.0. The van der Waals surface area contributed by atoms with Gasteiger partial charge in [0, 0.05) is 63.8 Å². The molecule has 1 saturated heterocycles. The van der Waals surface area contributed by atoms with Crippen LogP contribution in [0.15, 0.2) is 36.8 Å². The molecule has 2 aliphatic rings.